The molecule has 0 amide bonds. The molecule has 0 aliphatic heterocycles. The average Bonchev–Trinajstić information content (AvgIpc) is 2.28. The molecule has 0 aromatic rings. The zero-order chi connectivity index (χ0) is 13.1. The summed E-state index contributed by atoms with van der Waals surface area (Å²) in [6.45, 7) is 8.15. The van der Waals surface area contributed by atoms with Gasteiger partial charge in [-0.1, -0.05) is 39.0 Å². The van der Waals surface area contributed by atoms with Crippen molar-refractivity contribution < 1.29 is 0 Å². The first-order valence-electron chi connectivity index (χ1n) is 7.35. The Balaban J connectivity index is 3.37. The lowest BCUT2D eigenvalue weighted by Gasteiger charge is -2.24. The molecule has 1 atom stereocenters. The fourth-order valence-electron chi connectivity index (χ4n) is 2.13. The quantitative estimate of drug-likeness (QED) is 0.541. The van der Waals surface area contributed by atoms with E-state index in [1.807, 2.05) is 7.05 Å². The average molecular weight is 242 g/mol. The SMILES string of the molecule is CNCCCCCC(C)CCCC(C)(C)NC. The molecule has 0 spiro atoms. The van der Waals surface area contributed by atoms with Crippen LogP contribution in [0, 0.1) is 5.92 Å². The summed E-state index contributed by atoms with van der Waals surface area (Å²) in [5.74, 6) is 0.900. The summed E-state index contributed by atoms with van der Waals surface area (Å²) < 4.78 is 0. The minimum absolute atomic E-state index is 0.312. The van der Waals surface area contributed by atoms with Gasteiger partial charge >= 0.3 is 0 Å². The van der Waals surface area contributed by atoms with Crippen molar-refractivity contribution in [3.05, 3.63) is 0 Å². The number of unbranched alkanes of at least 4 members (excludes halogenated alkanes) is 2. The van der Waals surface area contributed by atoms with Crippen molar-refractivity contribution in [2.75, 3.05) is 20.6 Å². The van der Waals surface area contributed by atoms with Crippen LogP contribution in [0.3, 0.4) is 0 Å². The van der Waals surface area contributed by atoms with Gasteiger partial charge in [0.1, 0.15) is 0 Å². The first-order valence-corrected chi connectivity index (χ1v) is 7.35. The van der Waals surface area contributed by atoms with Crippen LogP contribution in [0.5, 0.6) is 0 Å². The molecule has 104 valence electrons. The molecule has 2 nitrogen and oxygen atoms in total. The highest BCUT2D eigenvalue weighted by Gasteiger charge is 2.14. The van der Waals surface area contributed by atoms with Crippen molar-refractivity contribution >= 4 is 0 Å². The van der Waals surface area contributed by atoms with E-state index in [-0.39, 0.29) is 0 Å². The molecule has 0 heterocycles. The third-order valence-electron chi connectivity index (χ3n) is 3.80. The zero-order valence-electron chi connectivity index (χ0n) is 12.7. The van der Waals surface area contributed by atoms with Crippen molar-refractivity contribution in [2.45, 2.75) is 71.3 Å². The van der Waals surface area contributed by atoms with Gasteiger partial charge in [0.25, 0.3) is 0 Å². The third kappa shape index (κ3) is 10.8. The number of hydrogen-bond acceptors (Lipinski definition) is 2. The molecule has 0 radical (unpaired) electrons. The van der Waals surface area contributed by atoms with Gasteiger partial charge in [0.15, 0.2) is 0 Å². The molecular formula is C15H34N2. The summed E-state index contributed by atoms with van der Waals surface area (Å²) in [5.41, 5.74) is 0.312. The van der Waals surface area contributed by atoms with Crippen LogP contribution in [0.1, 0.15) is 65.7 Å². The van der Waals surface area contributed by atoms with Crippen LogP contribution >= 0.6 is 0 Å². The molecule has 0 aliphatic rings. The van der Waals surface area contributed by atoms with Crippen LogP contribution in [0.25, 0.3) is 0 Å². The van der Waals surface area contributed by atoms with E-state index in [2.05, 4.69) is 38.5 Å². The second-order valence-corrected chi connectivity index (χ2v) is 6.08. The van der Waals surface area contributed by atoms with Crippen molar-refractivity contribution in [1.82, 2.24) is 10.6 Å². The standard InChI is InChI=1S/C15H34N2/c1-14(10-7-6-8-13-16-4)11-9-12-15(2,3)17-5/h14,16-17H,6-13H2,1-5H3. The fourth-order valence-corrected chi connectivity index (χ4v) is 2.13. The summed E-state index contributed by atoms with van der Waals surface area (Å²) >= 11 is 0. The van der Waals surface area contributed by atoms with E-state index in [0.717, 1.165) is 5.92 Å². The van der Waals surface area contributed by atoms with Crippen molar-refractivity contribution in [1.29, 1.82) is 0 Å². The topological polar surface area (TPSA) is 24.1 Å². The lowest BCUT2D eigenvalue weighted by molar-refractivity contribution is 0.351. The molecular weight excluding hydrogens is 208 g/mol. The van der Waals surface area contributed by atoms with Crippen LogP contribution in [0.15, 0.2) is 0 Å². The van der Waals surface area contributed by atoms with Crippen LogP contribution in [-0.2, 0) is 0 Å². The van der Waals surface area contributed by atoms with Gasteiger partial charge < -0.3 is 10.6 Å². The number of hydrogen-bond donors (Lipinski definition) is 2. The molecule has 0 saturated heterocycles. The summed E-state index contributed by atoms with van der Waals surface area (Å²) in [6, 6.07) is 0. The van der Waals surface area contributed by atoms with Gasteiger partial charge in [-0.2, -0.15) is 0 Å². The van der Waals surface area contributed by atoms with Crippen LogP contribution in [-0.4, -0.2) is 26.2 Å². The maximum Gasteiger partial charge on any atom is 0.0122 e. The lowest BCUT2D eigenvalue weighted by atomic mass is 9.92. The molecule has 0 bridgehead atoms. The van der Waals surface area contributed by atoms with Gasteiger partial charge in [-0.3, -0.25) is 0 Å². The Morgan fingerprint density at radius 3 is 2.18 bits per heavy atom. The summed E-state index contributed by atoms with van der Waals surface area (Å²) in [7, 11) is 4.09. The summed E-state index contributed by atoms with van der Waals surface area (Å²) in [6.07, 6.45) is 9.54. The predicted octanol–water partition coefficient (Wildman–Crippen LogP) is 3.57. The predicted molar refractivity (Wildman–Crippen MR) is 78.5 cm³/mol. The zero-order valence-corrected chi connectivity index (χ0v) is 12.7. The summed E-state index contributed by atoms with van der Waals surface area (Å²) in [4.78, 5) is 0. The molecule has 17 heavy (non-hydrogen) atoms. The summed E-state index contributed by atoms with van der Waals surface area (Å²) in [5, 5.41) is 6.58. The molecule has 0 saturated carbocycles. The molecule has 1 unspecified atom stereocenters. The largest absolute Gasteiger partial charge is 0.320 e. The van der Waals surface area contributed by atoms with Gasteiger partial charge in [0, 0.05) is 5.54 Å². The van der Waals surface area contributed by atoms with Crippen molar-refractivity contribution in [2.24, 2.45) is 5.92 Å². The minimum atomic E-state index is 0.312. The lowest BCUT2D eigenvalue weighted by Crippen LogP contribution is -2.35. The molecule has 2 heteroatoms. The molecule has 0 fully saturated rings. The van der Waals surface area contributed by atoms with Gasteiger partial charge in [-0.25, -0.2) is 0 Å². The Morgan fingerprint density at radius 2 is 1.59 bits per heavy atom. The van der Waals surface area contributed by atoms with Gasteiger partial charge in [-0.15, -0.1) is 0 Å². The van der Waals surface area contributed by atoms with E-state index in [1.54, 1.807) is 0 Å². The maximum absolute atomic E-state index is 3.37. The Kier molecular flexibility index (Phi) is 9.85. The van der Waals surface area contributed by atoms with E-state index in [4.69, 9.17) is 0 Å². The Hall–Kier alpha value is -0.0800. The van der Waals surface area contributed by atoms with Crippen molar-refractivity contribution in [3.63, 3.8) is 0 Å². The second-order valence-electron chi connectivity index (χ2n) is 6.08. The Bertz CT molecular complexity index is 166. The third-order valence-corrected chi connectivity index (χ3v) is 3.80. The Labute approximate surface area is 109 Å². The number of rotatable bonds is 11. The van der Waals surface area contributed by atoms with Crippen molar-refractivity contribution in [3.8, 4) is 0 Å². The monoisotopic (exact) mass is 242 g/mol. The molecule has 2 N–H and O–H groups in total. The minimum Gasteiger partial charge on any atom is -0.320 e. The van der Waals surface area contributed by atoms with E-state index in [1.165, 1.54) is 51.5 Å². The highest BCUT2D eigenvalue weighted by Crippen LogP contribution is 2.19. The number of nitrogens with one attached hydrogen (secondary N) is 2. The normalized spacial score (nSPS) is 13.9. The van der Waals surface area contributed by atoms with E-state index < -0.39 is 0 Å². The molecule has 0 rings (SSSR count). The van der Waals surface area contributed by atoms with Gasteiger partial charge in [-0.05, 0) is 53.2 Å². The fraction of sp³-hybridized carbons (Fsp3) is 1.00. The van der Waals surface area contributed by atoms with E-state index >= 15 is 0 Å². The smallest absolute Gasteiger partial charge is 0.0122 e. The van der Waals surface area contributed by atoms with E-state index in [9.17, 15) is 0 Å². The van der Waals surface area contributed by atoms with E-state index in [0.29, 0.717) is 5.54 Å². The van der Waals surface area contributed by atoms with Crippen LogP contribution in [0.4, 0.5) is 0 Å². The van der Waals surface area contributed by atoms with Crippen LogP contribution < -0.4 is 10.6 Å². The Morgan fingerprint density at radius 1 is 0.941 bits per heavy atom. The molecule has 0 aromatic heterocycles. The first-order chi connectivity index (χ1) is 8.02. The molecule has 0 aromatic carbocycles. The molecule has 0 aliphatic carbocycles. The second kappa shape index (κ2) is 9.90. The highest BCUT2D eigenvalue weighted by molar-refractivity contribution is 4.75. The van der Waals surface area contributed by atoms with Crippen LogP contribution in [0.2, 0.25) is 0 Å². The first kappa shape index (κ1) is 16.9. The highest BCUT2D eigenvalue weighted by atomic mass is 14.9. The van der Waals surface area contributed by atoms with Gasteiger partial charge in [0.05, 0.1) is 0 Å². The maximum atomic E-state index is 3.37. The van der Waals surface area contributed by atoms with Gasteiger partial charge in [0.2, 0.25) is 0 Å².